The Morgan fingerprint density at radius 1 is 1.10 bits per heavy atom. The minimum atomic E-state index is -0.355. The molecule has 1 aliphatic rings. The summed E-state index contributed by atoms with van der Waals surface area (Å²) in [5.41, 5.74) is 1.33. The van der Waals surface area contributed by atoms with E-state index in [1.54, 1.807) is 24.3 Å². The van der Waals surface area contributed by atoms with Crippen LogP contribution in [0.5, 0.6) is 0 Å². The largest absolute Gasteiger partial charge is 0.278 e. The van der Waals surface area contributed by atoms with Crippen LogP contribution in [0.3, 0.4) is 0 Å². The second-order valence-corrected chi connectivity index (χ2v) is 8.63. The highest BCUT2D eigenvalue weighted by Gasteiger charge is 2.33. The monoisotopic (exact) mass is 425 g/mol. The van der Waals surface area contributed by atoms with Crippen LogP contribution < -0.4 is 0 Å². The summed E-state index contributed by atoms with van der Waals surface area (Å²) in [7, 11) is 0. The summed E-state index contributed by atoms with van der Waals surface area (Å²) in [5, 5.41) is 1.91. The van der Waals surface area contributed by atoms with Crippen LogP contribution in [-0.4, -0.2) is 38.5 Å². The van der Waals surface area contributed by atoms with Gasteiger partial charge in [-0.15, -0.1) is 0 Å². The van der Waals surface area contributed by atoms with Gasteiger partial charge in [-0.2, -0.15) is 0 Å². The third-order valence-corrected chi connectivity index (χ3v) is 6.42. The maximum atomic E-state index is 13.3. The lowest BCUT2D eigenvalue weighted by Crippen LogP contribution is -2.41. The molecule has 148 valence electrons. The van der Waals surface area contributed by atoms with Crippen molar-refractivity contribution in [3.8, 4) is 0 Å². The number of carbonyl (C=O) groups is 2. The van der Waals surface area contributed by atoms with E-state index < -0.39 is 0 Å². The van der Waals surface area contributed by atoms with E-state index in [1.807, 2.05) is 31.2 Å². The number of thioether (sulfide) groups is 1. The number of aryl methyl sites for hydroxylation is 1. The van der Waals surface area contributed by atoms with Crippen molar-refractivity contribution >= 4 is 46.1 Å². The quantitative estimate of drug-likeness (QED) is 0.441. The predicted octanol–water partition coefficient (Wildman–Crippen LogP) is 4.91. The number of rotatable bonds is 3. The number of likely N-dealkylation sites (tertiary alicyclic amines) is 1. The number of amides is 2. The molecule has 0 unspecified atom stereocenters. The van der Waals surface area contributed by atoms with Crippen molar-refractivity contribution in [2.75, 3.05) is 6.54 Å². The van der Waals surface area contributed by atoms with Gasteiger partial charge in [0.2, 0.25) is 5.91 Å². The predicted molar refractivity (Wildman–Crippen MR) is 115 cm³/mol. The molecule has 7 heteroatoms. The van der Waals surface area contributed by atoms with E-state index in [4.69, 9.17) is 11.6 Å². The van der Waals surface area contributed by atoms with Crippen LogP contribution in [0.15, 0.2) is 53.6 Å². The molecule has 4 rings (SSSR count). The summed E-state index contributed by atoms with van der Waals surface area (Å²) in [4.78, 5) is 36.7. The molecule has 1 fully saturated rings. The Bertz CT molecular complexity index is 1070. The molecule has 1 aliphatic heterocycles. The Kier molecular flexibility index (Phi) is 5.83. The summed E-state index contributed by atoms with van der Waals surface area (Å²) in [5.74, 6) is 0.233. The highest BCUT2D eigenvalue weighted by molar-refractivity contribution is 8.00. The fourth-order valence-corrected chi connectivity index (χ4v) is 4.84. The smallest absolute Gasteiger partial charge is 0.260 e. The van der Waals surface area contributed by atoms with E-state index >= 15 is 0 Å². The van der Waals surface area contributed by atoms with Crippen LogP contribution in [0.25, 0.3) is 10.9 Å². The van der Waals surface area contributed by atoms with Crippen molar-refractivity contribution in [2.45, 2.75) is 36.5 Å². The van der Waals surface area contributed by atoms with Gasteiger partial charge in [-0.05, 0) is 50.1 Å². The van der Waals surface area contributed by atoms with E-state index in [0.29, 0.717) is 29.4 Å². The lowest BCUT2D eigenvalue weighted by Gasteiger charge is -2.22. The van der Waals surface area contributed by atoms with Gasteiger partial charge in [0.25, 0.3) is 5.91 Å². The lowest BCUT2D eigenvalue weighted by molar-refractivity contribution is -0.127. The molecular weight excluding hydrogens is 406 g/mol. The van der Waals surface area contributed by atoms with Crippen LogP contribution in [0.2, 0.25) is 5.02 Å². The number of halogens is 1. The van der Waals surface area contributed by atoms with Crippen LogP contribution >= 0.6 is 23.4 Å². The standard InChI is InChI=1S/C22H20ClN3O2S/c1-14-24-18-7-3-2-6-17(18)20(25-14)29-19-8-4-5-13-26(22(19)28)21(27)15-9-11-16(23)12-10-15/h2-3,6-7,9-12,19H,4-5,8,13H2,1H3/t19-/m0/s1. The van der Waals surface area contributed by atoms with Crippen molar-refractivity contribution in [1.29, 1.82) is 0 Å². The van der Waals surface area contributed by atoms with Crippen LogP contribution in [0, 0.1) is 6.92 Å². The van der Waals surface area contributed by atoms with Crippen molar-refractivity contribution < 1.29 is 9.59 Å². The maximum Gasteiger partial charge on any atom is 0.260 e. The molecule has 0 spiro atoms. The number of para-hydroxylation sites is 1. The highest BCUT2D eigenvalue weighted by atomic mass is 35.5. The maximum absolute atomic E-state index is 13.3. The molecule has 29 heavy (non-hydrogen) atoms. The number of nitrogens with zero attached hydrogens (tertiary/aromatic N) is 3. The zero-order valence-corrected chi connectivity index (χ0v) is 17.5. The summed E-state index contributed by atoms with van der Waals surface area (Å²) in [6.45, 7) is 2.28. The summed E-state index contributed by atoms with van der Waals surface area (Å²) >= 11 is 7.36. The fourth-order valence-electron chi connectivity index (χ4n) is 3.45. The highest BCUT2D eigenvalue weighted by Crippen LogP contribution is 2.33. The number of carbonyl (C=O) groups excluding carboxylic acids is 2. The lowest BCUT2D eigenvalue weighted by atomic mass is 10.2. The number of imide groups is 1. The van der Waals surface area contributed by atoms with Gasteiger partial charge >= 0.3 is 0 Å². The Morgan fingerprint density at radius 3 is 2.66 bits per heavy atom. The molecule has 2 aromatic carbocycles. The van der Waals surface area contributed by atoms with Crippen molar-refractivity contribution in [3.05, 3.63) is 64.9 Å². The van der Waals surface area contributed by atoms with Gasteiger partial charge in [0, 0.05) is 22.5 Å². The summed E-state index contributed by atoms with van der Waals surface area (Å²) < 4.78 is 0. The second-order valence-electron chi connectivity index (χ2n) is 7.00. The van der Waals surface area contributed by atoms with E-state index in [-0.39, 0.29) is 17.1 Å². The molecule has 5 nitrogen and oxygen atoms in total. The topological polar surface area (TPSA) is 63.2 Å². The van der Waals surface area contributed by atoms with Gasteiger partial charge < -0.3 is 0 Å². The van der Waals surface area contributed by atoms with E-state index in [9.17, 15) is 9.59 Å². The Morgan fingerprint density at radius 2 is 1.86 bits per heavy atom. The molecule has 2 amide bonds. The molecule has 1 aromatic heterocycles. The van der Waals surface area contributed by atoms with Crippen molar-refractivity contribution in [3.63, 3.8) is 0 Å². The van der Waals surface area contributed by atoms with Gasteiger partial charge in [-0.25, -0.2) is 9.97 Å². The number of hydrogen-bond acceptors (Lipinski definition) is 5. The van der Waals surface area contributed by atoms with Crippen LogP contribution in [0.4, 0.5) is 0 Å². The Balaban J connectivity index is 1.62. The zero-order valence-electron chi connectivity index (χ0n) is 16.0. The minimum Gasteiger partial charge on any atom is -0.278 e. The van der Waals surface area contributed by atoms with E-state index in [1.165, 1.54) is 16.7 Å². The SMILES string of the molecule is Cc1nc(S[C@H]2CCCCN(C(=O)c3ccc(Cl)cc3)C2=O)c2ccccc2n1. The first kappa shape index (κ1) is 19.9. The third kappa shape index (κ3) is 4.28. The van der Waals surface area contributed by atoms with E-state index in [0.717, 1.165) is 28.8 Å². The first-order chi connectivity index (χ1) is 14.0. The van der Waals surface area contributed by atoms with E-state index in [2.05, 4.69) is 9.97 Å². The Labute approximate surface area is 178 Å². The van der Waals surface area contributed by atoms with Gasteiger partial charge in [-0.3, -0.25) is 14.5 Å². The minimum absolute atomic E-state index is 0.159. The number of fused-ring (bicyclic) bond motifs is 1. The normalized spacial score (nSPS) is 17.4. The number of benzene rings is 2. The average molecular weight is 426 g/mol. The van der Waals surface area contributed by atoms with Crippen LogP contribution in [-0.2, 0) is 4.79 Å². The molecule has 1 saturated heterocycles. The molecular formula is C22H20ClN3O2S. The van der Waals surface area contributed by atoms with Crippen molar-refractivity contribution in [2.24, 2.45) is 0 Å². The second kappa shape index (κ2) is 8.51. The summed E-state index contributed by atoms with van der Waals surface area (Å²) in [6.07, 6.45) is 2.40. The number of hydrogen-bond donors (Lipinski definition) is 0. The van der Waals surface area contributed by atoms with Crippen molar-refractivity contribution in [1.82, 2.24) is 14.9 Å². The first-order valence-electron chi connectivity index (χ1n) is 9.54. The Hall–Kier alpha value is -2.44. The van der Waals surface area contributed by atoms with Gasteiger partial charge in [0.1, 0.15) is 10.9 Å². The molecule has 0 radical (unpaired) electrons. The molecule has 0 aliphatic carbocycles. The molecule has 3 aromatic rings. The van der Waals surface area contributed by atoms with Gasteiger partial charge in [0.05, 0.1) is 10.8 Å². The summed E-state index contributed by atoms with van der Waals surface area (Å²) in [6, 6.07) is 14.4. The number of aromatic nitrogens is 2. The van der Waals surface area contributed by atoms with Gasteiger partial charge in [-0.1, -0.05) is 48.0 Å². The molecule has 2 heterocycles. The first-order valence-corrected chi connectivity index (χ1v) is 10.8. The molecule has 1 atom stereocenters. The molecule has 0 saturated carbocycles. The fraction of sp³-hybridized carbons (Fsp3) is 0.273. The molecule has 0 bridgehead atoms. The average Bonchev–Trinajstić information content (AvgIpc) is 2.89. The van der Waals surface area contributed by atoms with Gasteiger partial charge in [0.15, 0.2) is 0 Å². The van der Waals surface area contributed by atoms with Crippen LogP contribution in [0.1, 0.15) is 35.4 Å². The molecule has 0 N–H and O–H groups in total. The zero-order chi connectivity index (χ0) is 20.4. The third-order valence-electron chi connectivity index (χ3n) is 4.91.